The average Bonchev–Trinajstić information content (AvgIpc) is 1.27. The molecule has 0 bridgehead atoms. The Kier molecular flexibility index (Phi) is 2.41. The molecule has 0 saturated carbocycles. The summed E-state index contributed by atoms with van der Waals surface area (Å²) in [5.74, 6) is 0.662. The molecular formula is C5H14N2. The van der Waals surface area contributed by atoms with E-state index in [0.29, 0.717) is 11.9 Å². The zero-order valence-corrected chi connectivity index (χ0v) is 5.10. The van der Waals surface area contributed by atoms with Gasteiger partial charge in [-0.2, -0.15) is 0 Å². The van der Waals surface area contributed by atoms with Crippen LogP contribution in [0.4, 0.5) is 0 Å². The summed E-state index contributed by atoms with van der Waals surface area (Å²) in [6.45, 7) is 5.78. The molecule has 44 valence electrons. The maximum atomic E-state index is 5.24. The van der Waals surface area contributed by atoms with Crippen molar-refractivity contribution < 1.29 is 1.43 Å². The standard InChI is InChI=1S/C5H12N2.H2/c1-4(2)7-5(3)6;/h4H,1-3H3,(H2,6,7);1H. The van der Waals surface area contributed by atoms with Crippen LogP contribution in [-0.2, 0) is 0 Å². The zero-order valence-electron chi connectivity index (χ0n) is 5.10. The first-order valence-electron chi connectivity index (χ1n) is 2.43. The van der Waals surface area contributed by atoms with E-state index in [1.165, 1.54) is 0 Å². The summed E-state index contributed by atoms with van der Waals surface area (Å²) in [5.41, 5.74) is 5.24. The molecular weight excluding hydrogens is 88.1 g/mol. The maximum absolute atomic E-state index is 5.24. The number of hydrogen-bond donors (Lipinski definition) is 1. The molecule has 0 atom stereocenters. The summed E-state index contributed by atoms with van der Waals surface area (Å²) in [6, 6.07) is 0.338. The van der Waals surface area contributed by atoms with Gasteiger partial charge in [0, 0.05) is 7.47 Å². The Morgan fingerprint density at radius 3 is 2.14 bits per heavy atom. The SMILES string of the molecule is CC(N)=NC(C)C.[HH]. The summed E-state index contributed by atoms with van der Waals surface area (Å²) in [7, 11) is 0. The fraction of sp³-hybridized carbons (Fsp3) is 0.800. The van der Waals surface area contributed by atoms with Crippen molar-refractivity contribution in [3.8, 4) is 0 Å². The molecule has 0 spiro atoms. The van der Waals surface area contributed by atoms with Crippen molar-refractivity contribution in [3.63, 3.8) is 0 Å². The Morgan fingerprint density at radius 2 is 2.14 bits per heavy atom. The number of amidine groups is 1. The van der Waals surface area contributed by atoms with Crippen molar-refractivity contribution in [2.24, 2.45) is 10.7 Å². The first-order valence-corrected chi connectivity index (χ1v) is 2.43. The van der Waals surface area contributed by atoms with Crippen LogP contribution in [-0.4, -0.2) is 11.9 Å². The number of nitrogens with two attached hydrogens (primary N) is 1. The lowest BCUT2D eigenvalue weighted by molar-refractivity contribution is 0.833. The van der Waals surface area contributed by atoms with Gasteiger partial charge in [0.2, 0.25) is 0 Å². The maximum Gasteiger partial charge on any atom is 0.0908 e. The van der Waals surface area contributed by atoms with Gasteiger partial charge in [-0.3, -0.25) is 4.99 Å². The van der Waals surface area contributed by atoms with Gasteiger partial charge in [0.05, 0.1) is 5.84 Å². The third kappa shape index (κ3) is 5.47. The molecule has 0 aliphatic rings. The number of rotatable bonds is 1. The molecule has 0 fully saturated rings. The van der Waals surface area contributed by atoms with Crippen LogP contribution < -0.4 is 5.73 Å². The minimum absolute atomic E-state index is 0. The topological polar surface area (TPSA) is 38.4 Å². The van der Waals surface area contributed by atoms with E-state index in [1.54, 1.807) is 6.92 Å². The smallest absolute Gasteiger partial charge is 0.0908 e. The summed E-state index contributed by atoms with van der Waals surface area (Å²) in [4.78, 5) is 3.97. The first kappa shape index (κ1) is 6.47. The largest absolute Gasteiger partial charge is 0.388 e. The van der Waals surface area contributed by atoms with Crippen molar-refractivity contribution in [1.82, 2.24) is 0 Å². The Hall–Kier alpha value is -0.530. The van der Waals surface area contributed by atoms with E-state index in [9.17, 15) is 0 Å². The molecule has 0 heterocycles. The van der Waals surface area contributed by atoms with Gasteiger partial charge in [0.1, 0.15) is 0 Å². The van der Waals surface area contributed by atoms with Crippen LogP contribution in [0.1, 0.15) is 22.2 Å². The van der Waals surface area contributed by atoms with Crippen molar-refractivity contribution in [1.29, 1.82) is 0 Å². The van der Waals surface area contributed by atoms with Gasteiger partial charge in [-0.15, -0.1) is 0 Å². The Morgan fingerprint density at radius 1 is 1.71 bits per heavy atom. The quantitative estimate of drug-likeness (QED) is 0.389. The van der Waals surface area contributed by atoms with E-state index in [0.717, 1.165) is 0 Å². The average molecular weight is 102 g/mol. The molecule has 0 saturated heterocycles. The second kappa shape index (κ2) is 2.61. The van der Waals surface area contributed by atoms with Gasteiger partial charge in [-0.05, 0) is 20.8 Å². The molecule has 2 N–H and O–H groups in total. The van der Waals surface area contributed by atoms with Crippen LogP contribution in [0.5, 0.6) is 0 Å². The third-order valence-electron chi connectivity index (χ3n) is 0.462. The molecule has 2 nitrogen and oxygen atoms in total. The highest BCUT2D eigenvalue weighted by Gasteiger charge is 1.83. The monoisotopic (exact) mass is 102 g/mol. The summed E-state index contributed by atoms with van der Waals surface area (Å²) in [6.07, 6.45) is 0. The summed E-state index contributed by atoms with van der Waals surface area (Å²) in [5, 5.41) is 0. The predicted octanol–water partition coefficient (Wildman–Crippen LogP) is 1.02. The van der Waals surface area contributed by atoms with E-state index in [1.807, 2.05) is 13.8 Å². The van der Waals surface area contributed by atoms with Crippen LogP contribution in [0, 0.1) is 0 Å². The molecule has 0 aromatic heterocycles. The van der Waals surface area contributed by atoms with Crippen LogP contribution in [0.15, 0.2) is 4.99 Å². The Balaban J connectivity index is 0. The lowest BCUT2D eigenvalue weighted by Crippen LogP contribution is -2.08. The van der Waals surface area contributed by atoms with Gasteiger partial charge in [0.25, 0.3) is 0 Å². The molecule has 0 unspecified atom stereocenters. The minimum Gasteiger partial charge on any atom is -0.388 e. The minimum atomic E-state index is 0. The van der Waals surface area contributed by atoms with Gasteiger partial charge in [-0.25, -0.2) is 0 Å². The van der Waals surface area contributed by atoms with Gasteiger partial charge in [-0.1, -0.05) is 0 Å². The van der Waals surface area contributed by atoms with Gasteiger partial charge >= 0.3 is 0 Å². The summed E-state index contributed by atoms with van der Waals surface area (Å²) < 4.78 is 0. The van der Waals surface area contributed by atoms with E-state index in [2.05, 4.69) is 4.99 Å². The number of hydrogen-bond acceptors (Lipinski definition) is 1. The first-order chi connectivity index (χ1) is 3.13. The molecule has 0 aliphatic carbocycles. The lowest BCUT2D eigenvalue weighted by Gasteiger charge is -1.93. The molecule has 0 radical (unpaired) electrons. The molecule has 7 heavy (non-hydrogen) atoms. The molecule has 2 heteroatoms. The van der Waals surface area contributed by atoms with E-state index >= 15 is 0 Å². The Labute approximate surface area is 45.9 Å². The van der Waals surface area contributed by atoms with Crippen molar-refractivity contribution >= 4 is 5.84 Å². The molecule has 0 aromatic carbocycles. The van der Waals surface area contributed by atoms with E-state index in [-0.39, 0.29) is 1.43 Å². The molecule has 0 amide bonds. The van der Waals surface area contributed by atoms with Crippen molar-refractivity contribution in [2.75, 3.05) is 0 Å². The second-order valence-electron chi connectivity index (χ2n) is 1.86. The normalized spacial score (nSPS) is 12.9. The summed E-state index contributed by atoms with van der Waals surface area (Å²) >= 11 is 0. The van der Waals surface area contributed by atoms with Gasteiger partial charge < -0.3 is 5.73 Å². The molecule has 0 rings (SSSR count). The van der Waals surface area contributed by atoms with E-state index in [4.69, 9.17) is 5.73 Å². The molecule has 0 aromatic rings. The van der Waals surface area contributed by atoms with Gasteiger partial charge in [0.15, 0.2) is 0 Å². The van der Waals surface area contributed by atoms with E-state index < -0.39 is 0 Å². The van der Waals surface area contributed by atoms with Crippen molar-refractivity contribution in [3.05, 3.63) is 0 Å². The van der Waals surface area contributed by atoms with Crippen LogP contribution in [0.2, 0.25) is 0 Å². The number of nitrogens with zero attached hydrogens (tertiary/aromatic N) is 1. The zero-order chi connectivity index (χ0) is 5.86. The third-order valence-corrected chi connectivity index (χ3v) is 0.462. The fourth-order valence-electron chi connectivity index (χ4n) is 0.407. The van der Waals surface area contributed by atoms with Crippen LogP contribution >= 0.6 is 0 Å². The highest BCUT2D eigenvalue weighted by atomic mass is 14.9. The highest BCUT2D eigenvalue weighted by Crippen LogP contribution is 1.82. The predicted molar refractivity (Wildman–Crippen MR) is 34.5 cm³/mol. The lowest BCUT2D eigenvalue weighted by atomic mass is 10.4. The molecule has 0 aliphatic heterocycles. The fourth-order valence-corrected chi connectivity index (χ4v) is 0.407. The Bertz CT molecular complexity index is 74.5. The highest BCUT2D eigenvalue weighted by molar-refractivity contribution is 5.77. The van der Waals surface area contributed by atoms with Crippen LogP contribution in [0.3, 0.4) is 0 Å². The number of aliphatic imine (C=N–C) groups is 1. The van der Waals surface area contributed by atoms with Crippen LogP contribution in [0.25, 0.3) is 0 Å². The van der Waals surface area contributed by atoms with Crippen molar-refractivity contribution in [2.45, 2.75) is 26.8 Å². The second-order valence-corrected chi connectivity index (χ2v) is 1.86.